The molecule has 0 N–H and O–H groups in total. The van der Waals surface area contributed by atoms with Gasteiger partial charge in [0.2, 0.25) is 20.0 Å². The van der Waals surface area contributed by atoms with Gasteiger partial charge in [-0.25, -0.2) is 16.8 Å². The highest BCUT2D eigenvalue weighted by Gasteiger charge is 2.33. The normalized spacial score (nSPS) is 23.1. The molecule has 2 aliphatic rings. The van der Waals surface area contributed by atoms with Gasteiger partial charge in [-0.15, -0.1) is 0 Å². The van der Waals surface area contributed by atoms with Crippen molar-refractivity contribution in [1.82, 2.24) is 8.61 Å². The topological polar surface area (TPSA) is 74.8 Å². The molecular formula is C26H36N2O4S2. The van der Waals surface area contributed by atoms with Gasteiger partial charge in [0, 0.05) is 25.2 Å². The van der Waals surface area contributed by atoms with E-state index in [1.54, 1.807) is 57.1 Å². The number of benzene rings is 2. The highest BCUT2D eigenvalue weighted by atomic mass is 32.2. The van der Waals surface area contributed by atoms with Crippen LogP contribution in [0.3, 0.4) is 0 Å². The van der Waals surface area contributed by atoms with Gasteiger partial charge in [-0.3, -0.25) is 0 Å². The van der Waals surface area contributed by atoms with Gasteiger partial charge < -0.3 is 0 Å². The van der Waals surface area contributed by atoms with E-state index in [1.165, 1.54) is 0 Å². The highest BCUT2D eigenvalue weighted by Crippen LogP contribution is 2.31. The Morgan fingerprint density at radius 2 is 0.971 bits per heavy atom. The van der Waals surface area contributed by atoms with Crippen molar-refractivity contribution in [2.75, 3.05) is 13.1 Å². The quantitative estimate of drug-likeness (QED) is 0.515. The predicted octanol–water partition coefficient (Wildman–Crippen LogP) is 5.26. The Balaban J connectivity index is 1.53. The van der Waals surface area contributed by atoms with Gasteiger partial charge in [-0.05, 0) is 73.9 Å². The zero-order valence-electron chi connectivity index (χ0n) is 20.2. The van der Waals surface area contributed by atoms with Gasteiger partial charge >= 0.3 is 0 Å². The third kappa shape index (κ3) is 4.96. The molecule has 0 aliphatic carbocycles. The summed E-state index contributed by atoms with van der Waals surface area (Å²) < 4.78 is 56.2. The Labute approximate surface area is 205 Å². The number of sulfonamides is 2. The molecular weight excluding hydrogens is 468 g/mol. The molecule has 0 radical (unpaired) electrons. The zero-order chi connectivity index (χ0) is 24.3. The maximum Gasteiger partial charge on any atom is 0.243 e. The van der Waals surface area contributed by atoms with E-state index in [1.807, 2.05) is 13.8 Å². The molecule has 4 rings (SSSR count). The predicted molar refractivity (Wildman–Crippen MR) is 136 cm³/mol. The van der Waals surface area contributed by atoms with Crippen LogP contribution in [0.5, 0.6) is 0 Å². The molecule has 2 saturated heterocycles. The van der Waals surface area contributed by atoms with Crippen molar-refractivity contribution < 1.29 is 16.8 Å². The summed E-state index contributed by atoms with van der Waals surface area (Å²) in [5, 5.41) is 0. The van der Waals surface area contributed by atoms with Crippen LogP contribution in [0.4, 0.5) is 0 Å². The second-order valence-corrected chi connectivity index (χ2v) is 13.2. The molecule has 6 nitrogen and oxygen atoms in total. The molecule has 34 heavy (non-hydrogen) atoms. The summed E-state index contributed by atoms with van der Waals surface area (Å²) in [7, 11) is -7.04. The largest absolute Gasteiger partial charge is 0.243 e. The summed E-state index contributed by atoms with van der Waals surface area (Å²) in [6.45, 7) is 5.24. The lowest BCUT2D eigenvalue weighted by Crippen LogP contribution is -2.43. The molecule has 186 valence electrons. The first-order valence-electron chi connectivity index (χ1n) is 12.5. The maximum absolute atomic E-state index is 13.2. The fourth-order valence-electron chi connectivity index (χ4n) is 5.31. The van der Waals surface area contributed by atoms with Crippen LogP contribution in [0.2, 0.25) is 0 Å². The minimum absolute atomic E-state index is 0.0696. The van der Waals surface area contributed by atoms with Crippen LogP contribution < -0.4 is 0 Å². The molecule has 2 aromatic rings. The van der Waals surface area contributed by atoms with Crippen LogP contribution in [0, 0.1) is 0 Å². The van der Waals surface area contributed by atoms with Crippen LogP contribution in [0.15, 0.2) is 58.3 Å². The Kier molecular flexibility index (Phi) is 7.82. The lowest BCUT2D eigenvalue weighted by molar-refractivity contribution is 0.246. The summed E-state index contributed by atoms with van der Waals surface area (Å²) in [4.78, 5) is 0.623. The SMILES string of the molecule is CC[C@@H]1CCCCN1S(=O)(=O)c1ccc(-c2ccc(S(=O)(=O)N3CCCC[C@H]3CC)cc2)cc1. The number of nitrogens with zero attached hydrogens (tertiary/aromatic N) is 2. The average molecular weight is 505 g/mol. The lowest BCUT2D eigenvalue weighted by atomic mass is 10.0. The Hall–Kier alpha value is -1.74. The van der Waals surface area contributed by atoms with Gasteiger partial charge in [0.1, 0.15) is 0 Å². The van der Waals surface area contributed by atoms with Gasteiger partial charge in [-0.1, -0.05) is 51.0 Å². The summed E-state index contributed by atoms with van der Waals surface area (Å²) in [5.41, 5.74) is 1.72. The van der Waals surface area contributed by atoms with Crippen molar-refractivity contribution in [2.45, 2.75) is 87.1 Å². The smallest absolute Gasteiger partial charge is 0.207 e. The molecule has 2 aromatic carbocycles. The number of rotatable bonds is 7. The van der Waals surface area contributed by atoms with E-state index < -0.39 is 20.0 Å². The minimum atomic E-state index is -3.52. The van der Waals surface area contributed by atoms with Crippen LogP contribution in [-0.2, 0) is 20.0 Å². The highest BCUT2D eigenvalue weighted by molar-refractivity contribution is 7.89. The third-order valence-electron chi connectivity index (χ3n) is 7.34. The van der Waals surface area contributed by atoms with E-state index in [9.17, 15) is 16.8 Å². The fourth-order valence-corrected chi connectivity index (χ4v) is 8.84. The lowest BCUT2D eigenvalue weighted by Gasteiger charge is -2.34. The van der Waals surface area contributed by atoms with Gasteiger partial charge in [0.25, 0.3) is 0 Å². The van der Waals surface area contributed by atoms with Crippen molar-refractivity contribution in [3.05, 3.63) is 48.5 Å². The molecule has 2 heterocycles. The Bertz CT molecular complexity index is 1080. The molecule has 0 bridgehead atoms. The third-order valence-corrected chi connectivity index (χ3v) is 11.3. The summed E-state index contributed by atoms with van der Waals surface area (Å²) in [5.74, 6) is 0. The number of hydrogen-bond acceptors (Lipinski definition) is 4. The Morgan fingerprint density at radius 1 is 0.618 bits per heavy atom. The van der Waals surface area contributed by atoms with Crippen LogP contribution in [-0.4, -0.2) is 50.6 Å². The van der Waals surface area contributed by atoms with Gasteiger partial charge in [0.15, 0.2) is 0 Å². The number of hydrogen-bond donors (Lipinski definition) is 0. The standard InChI is InChI=1S/C26H36N2O4S2/c1-3-23-9-5-7-19-27(23)33(29,30)25-15-11-21(12-16-25)22-13-17-26(18-14-22)34(31,32)28-20-8-6-10-24(28)4-2/h11-18,23-24H,3-10,19-20H2,1-2H3/t23-,24-/m1/s1. The van der Waals surface area contributed by atoms with E-state index in [0.29, 0.717) is 22.9 Å². The van der Waals surface area contributed by atoms with E-state index >= 15 is 0 Å². The second-order valence-electron chi connectivity index (χ2n) is 9.40. The molecule has 0 spiro atoms. The van der Waals surface area contributed by atoms with Crippen molar-refractivity contribution in [3.8, 4) is 11.1 Å². The van der Waals surface area contributed by atoms with Gasteiger partial charge in [-0.2, -0.15) is 8.61 Å². The molecule has 0 amide bonds. The molecule has 2 aliphatic heterocycles. The van der Waals surface area contributed by atoms with E-state index in [4.69, 9.17) is 0 Å². The first-order valence-corrected chi connectivity index (χ1v) is 15.4. The van der Waals surface area contributed by atoms with Crippen LogP contribution in [0.1, 0.15) is 65.2 Å². The Morgan fingerprint density at radius 3 is 1.29 bits per heavy atom. The molecule has 2 fully saturated rings. The molecule has 8 heteroatoms. The summed E-state index contributed by atoms with van der Waals surface area (Å²) >= 11 is 0. The summed E-state index contributed by atoms with van der Waals surface area (Å²) in [6.07, 6.45) is 7.43. The van der Waals surface area contributed by atoms with Crippen molar-refractivity contribution >= 4 is 20.0 Å². The van der Waals surface area contributed by atoms with Crippen molar-refractivity contribution in [3.63, 3.8) is 0 Å². The van der Waals surface area contributed by atoms with Crippen molar-refractivity contribution in [2.24, 2.45) is 0 Å². The summed E-state index contributed by atoms with van der Waals surface area (Å²) in [6, 6.07) is 14.0. The first-order chi connectivity index (χ1) is 16.3. The first kappa shape index (κ1) is 25.4. The zero-order valence-corrected chi connectivity index (χ0v) is 21.8. The van der Waals surface area contributed by atoms with Crippen LogP contribution in [0.25, 0.3) is 11.1 Å². The minimum Gasteiger partial charge on any atom is -0.207 e. The monoisotopic (exact) mass is 504 g/mol. The maximum atomic E-state index is 13.2. The average Bonchev–Trinajstić information content (AvgIpc) is 2.88. The van der Waals surface area contributed by atoms with Crippen LogP contribution >= 0.6 is 0 Å². The second kappa shape index (κ2) is 10.5. The molecule has 0 aromatic heterocycles. The molecule has 0 unspecified atom stereocenters. The van der Waals surface area contributed by atoms with E-state index in [-0.39, 0.29) is 12.1 Å². The molecule has 2 atom stereocenters. The van der Waals surface area contributed by atoms with Crippen molar-refractivity contribution in [1.29, 1.82) is 0 Å². The number of piperidine rings is 2. The fraction of sp³-hybridized carbons (Fsp3) is 0.538. The van der Waals surface area contributed by atoms with E-state index in [0.717, 1.165) is 62.5 Å². The molecule has 0 saturated carbocycles. The van der Waals surface area contributed by atoms with E-state index in [2.05, 4.69) is 0 Å². The van der Waals surface area contributed by atoms with Gasteiger partial charge in [0.05, 0.1) is 9.79 Å².